The van der Waals surface area contributed by atoms with Crippen molar-refractivity contribution in [1.29, 1.82) is 0 Å². The summed E-state index contributed by atoms with van der Waals surface area (Å²) in [6.07, 6.45) is 0.530. The molecule has 0 aliphatic carbocycles. The fraction of sp³-hybridized carbons (Fsp3) is 0.500. The third-order valence-corrected chi connectivity index (χ3v) is 3.34. The highest BCUT2D eigenvalue weighted by atomic mass is 19.1. The maximum atomic E-state index is 13.4. The number of piperidine rings is 1. The summed E-state index contributed by atoms with van der Waals surface area (Å²) < 4.78 is 39.3. The zero-order chi connectivity index (χ0) is 13.8. The van der Waals surface area contributed by atoms with Crippen LogP contribution in [0.5, 0.6) is 0 Å². The minimum Gasteiger partial charge on any atom is -0.340 e. The molecule has 1 atom stereocenters. The second kappa shape index (κ2) is 6.08. The molecule has 1 fully saturated rings. The fourth-order valence-electron chi connectivity index (χ4n) is 2.28. The minimum absolute atomic E-state index is 0.120. The van der Waals surface area contributed by atoms with Gasteiger partial charge in [-0.05, 0) is 30.9 Å². The molecule has 0 bridgehead atoms. The van der Waals surface area contributed by atoms with Crippen molar-refractivity contribution < 1.29 is 18.0 Å². The van der Waals surface area contributed by atoms with E-state index >= 15 is 0 Å². The lowest BCUT2D eigenvalue weighted by Gasteiger charge is -2.29. The molecule has 1 aromatic carbocycles. The number of likely N-dealkylation sites (tertiary alicyclic amines) is 1. The highest BCUT2D eigenvalue weighted by Gasteiger charge is 2.22. The summed E-state index contributed by atoms with van der Waals surface area (Å²) >= 11 is 0. The normalized spacial score (nSPS) is 19.5. The molecule has 5 heteroatoms. The number of hydrogen-bond acceptors (Lipinski definition) is 1. The first kappa shape index (κ1) is 13.9. The van der Waals surface area contributed by atoms with Gasteiger partial charge in [-0.15, -0.1) is 0 Å². The van der Waals surface area contributed by atoms with E-state index in [-0.39, 0.29) is 25.3 Å². The molecule has 0 radical (unpaired) electrons. The number of aryl methyl sites for hydroxylation is 1. The van der Waals surface area contributed by atoms with Gasteiger partial charge in [0.2, 0.25) is 5.91 Å². The molecule has 0 aromatic heterocycles. The number of carbonyl (C=O) groups is 1. The fourth-order valence-corrected chi connectivity index (χ4v) is 2.28. The van der Waals surface area contributed by atoms with Gasteiger partial charge in [0.25, 0.3) is 0 Å². The third-order valence-electron chi connectivity index (χ3n) is 3.34. The molecule has 2 rings (SSSR count). The van der Waals surface area contributed by atoms with Crippen LogP contribution in [-0.2, 0) is 11.2 Å². The van der Waals surface area contributed by atoms with Gasteiger partial charge >= 0.3 is 0 Å². The van der Waals surface area contributed by atoms with Crippen molar-refractivity contribution in [3.05, 3.63) is 35.4 Å². The molecule has 1 aromatic rings. The summed E-state index contributed by atoms with van der Waals surface area (Å²) in [7, 11) is 0. The average Bonchev–Trinajstić information content (AvgIpc) is 2.37. The maximum Gasteiger partial charge on any atom is 0.222 e. The van der Waals surface area contributed by atoms with Crippen LogP contribution < -0.4 is 0 Å². The minimum atomic E-state index is -0.958. The highest BCUT2D eigenvalue weighted by molar-refractivity contribution is 5.76. The largest absolute Gasteiger partial charge is 0.340 e. The number of halogens is 3. The van der Waals surface area contributed by atoms with Gasteiger partial charge in [-0.2, -0.15) is 0 Å². The Morgan fingerprint density at radius 1 is 1.37 bits per heavy atom. The molecular formula is C14H16F3NO. The predicted octanol–water partition coefficient (Wildman–Crippen LogP) is 2.86. The van der Waals surface area contributed by atoms with Gasteiger partial charge in [-0.25, -0.2) is 13.2 Å². The molecule has 2 nitrogen and oxygen atoms in total. The monoisotopic (exact) mass is 271 g/mol. The Bertz CT molecular complexity index is 464. The first-order valence-electron chi connectivity index (χ1n) is 6.42. The highest BCUT2D eigenvalue weighted by Crippen LogP contribution is 2.16. The average molecular weight is 271 g/mol. The van der Waals surface area contributed by atoms with Crippen LogP contribution in [0.15, 0.2) is 18.2 Å². The zero-order valence-corrected chi connectivity index (χ0v) is 10.5. The second-order valence-electron chi connectivity index (χ2n) is 4.81. The topological polar surface area (TPSA) is 20.3 Å². The lowest BCUT2D eigenvalue weighted by Crippen LogP contribution is -2.40. The van der Waals surface area contributed by atoms with E-state index in [1.54, 1.807) is 0 Å². The van der Waals surface area contributed by atoms with Crippen LogP contribution in [0.2, 0.25) is 0 Å². The Morgan fingerprint density at radius 2 is 2.16 bits per heavy atom. The van der Waals surface area contributed by atoms with Crippen molar-refractivity contribution in [3.8, 4) is 0 Å². The van der Waals surface area contributed by atoms with Gasteiger partial charge in [0.05, 0.1) is 6.54 Å². The van der Waals surface area contributed by atoms with Crippen LogP contribution in [-0.4, -0.2) is 30.1 Å². The van der Waals surface area contributed by atoms with E-state index in [4.69, 9.17) is 0 Å². The first-order valence-corrected chi connectivity index (χ1v) is 6.42. The quantitative estimate of drug-likeness (QED) is 0.827. The summed E-state index contributed by atoms with van der Waals surface area (Å²) in [6, 6.07) is 3.31. The van der Waals surface area contributed by atoms with E-state index in [1.807, 2.05) is 0 Å². The summed E-state index contributed by atoms with van der Waals surface area (Å²) in [4.78, 5) is 13.3. The Balaban J connectivity index is 1.89. The molecule has 1 heterocycles. The van der Waals surface area contributed by atoms with Crippen LogP contribution in [0.1, 0.15) is 24.8 Å². The van der Waals surface area contributed by atoms with Gasteiger partial charge in [-0.3, -0.25) is 4.79 Å². The standard InChI is InChI=1S/C14H16F3NO/c15-11-5-3-10(13(17)8-11)4-6-14(19)18-7-1-2-12(16)9-18/h3,5,8,12H,1-2,4,6-7,9H2. The molecular weight excluding hydrogens is 255 g/mol. The molecule has 104 valence electrons. The smallest absolute Gasteiger partial charge is 0.222 e. The molecule has 0 saturated carbocycles. The first-order chi connectivity index (χ1) is 9.06. The number of benzene rings is 1. The number of nitrogens with zero attached hydrogens (tertiary/aromatic N) is 1. The Kier molecular flexibility index (Phi) is 4.45. The lowest BCUT2D eigenvalue weighted by molar-refractivity contribution is -0.133. The summed E-state index contributed by atoms with van der Waals surface area (Å²) in [5.41, 5.74) is 0.309. The van der Waals surface area contributed by atoms with Crippen molar-refractivity contribution in [3.63, 3.8) is 0 Å². The van der Waals surface area contributed by atoms with E-state index in [1.165, 1.54) is 17.0 Å². The Labute approximate surface area is 110 Å². The maximum absolute atomic E-state index is 13.4. The van der Waals surface area contributed by atoms with Gasteiger partial charge in [0.15, 0.2) is 0 Å². The second-order valence-corrected chi connectivity index (χ2v) is 4.81. The van der Waals surface area contributed by atoms with E-state index in [0.717, 1.165) is 6.07 Å². The van der Waals surface area contributed by atoms with Crippen molar-refractivity contribution in [2.24, 2.45) is 0 Å². The van der Waals surface area contributed by atoms with Crippen molar-refractivity contribution in [1.82, 2.24) is 4.90 Å². The van der Waals surface area contributed by atoms with E-state index in [2.05, 4.69) is 0 Å². The summed E-state index contributed by atoms with van der Waals surface area (Å²) in [5.74, 6) is -1.45. The summed E-state index contributed by atoms with van der Waals surface area (Å²) in [5, 5.41) is 0. The van der Waals surface area contributed by atoms with Crippen LogP contribution in [0.25, 0.3) is 0 Å². The molecule has 1 unspecified atom stereocenters. The third kappa shape index (κ3) is 3.72. The van der Waals surface area contributed by atoms with Gasteiger partial charge in [-0.1, -0.05) is 6.07 Å². The van der Waals surface area contributed by atoms with E-state index in [9.17, 15) is 18.0 Å². The van der Waals surface area contributed by atoms with Crippen LogP contribution >= 0.6 is 0 Å². The number of amides is 1. The van der Waals surface area contributed by atoms with Crippen molar-refractivity contribution in [2.75, 3.05) is 13.1 Å². The molecule has 1 amide bonds. The number of hydrogen-bond donors (Lipinski definition) is 0. The molecule has 0 spiro atoms. The van der Waals surface area contributed by atoms with Gasteiger partial charge in [0, 0.05) is 19.0 Å². The van der Waals surface area contributed by atoms with Crippen LogP contribution in [0.4, 0.5) is 13.2 Å². The van der Waals surface area contributed by atoms with E-state index < -0.39 is 17.8 Å². The van der Waals surface area contributed by atoms with Gasteiger partial charge in [0.1, 0.15) is 17.8 Å². The van der Waals surface area contributed by atoms with Gasteiger partial charge < -0.3 is 4.90 Å². The summed E-state index contributed by atoms with van der Waals surface area (Å²) in [6.45, 7) is 0.690. The van der Waals surface area contributed by atoms with Crippen LogP contribution in [0, 0.1) is 11.6 Å². The molecule has 1 saturated heterocycles. The SMILES string of the molecule is O=C(CCc1ccc(F)cc1F)N1CCCC(F)C1. The number of rotatable bonds is 3. The van der Waals surface area contributed by atoms with Crippen LogP contribution in [0.3, 0.4) is 0 Å². The lowest BCUT2D eigenvalue weighted by atomic mass is 10.1. The molecule has 0 N–H and O–H groups in total. The molecule has 1 aliphatic heterocycles. The Morgan fingerprint density at radius 3 is 2.84 bits per heavy atom. The zero-order valence-electron chi connectivity index (χ0n) is 10.5. The number of alkyl halides is 1. The number of carbonyl (C=O) groups excluding carboxylic acids is 1. The van der Waals surface area contributed by atoms with Crippen molar-refractivity contribution >= 4 is 5.91 Å². The van der Waals surface area contributed by atoms with E-state index in [0.29, 0.717) is 24.9 Å². The molecule has 19 heavy (non-hydrogen) atoms. The Hall–Kier alpha value is -1.52. The van der Waals surface area contributed by atoms with Crippen molar-refractivity contribution in [2.45, 2.75) is 31.9 Å². The molecule has 1 aliphatic rings. The predicted molar refractivity (Wildman–Crippen MR) is 65.4 cm³/mol.